The molecule has 0 aromatic heterocycles. The van der Waals surface area contributed by atoms with Crippen LogP contribution in [-0.4, -0.2) is 8.42 Å². The van der Waals surface area contributed by atoms with Crippen LogP contribution in [0.2, 0.25) is 0 Å². The summed E-state index contributed by atoms with van der Waals surface area (Å²) in [5.74, 6) is -1.59. The molecule has 2 aromatic carbocycles. The number of hydrogen-bond donors (Lipinski definition) is 2. The molecular formula is C14H14F2N2O2S. The molecule has 1 atom stereocenters. The van der Waals surface area contributed by atoms with Crippen LogP contribution >= 0.6 is 0 Å². The lowest BCUT2D eigenvalue weighted by atomic mass is 10.1. The van der Waals surface area contributed by atoms with Crippen LogP contribution in [0.3, 0.4) is 0 Å². The van der Waals surface area contributed by atoms with E-state index in [9.17, 15) is 17.2 Å². The molecule has 3 N–H and O–H groups in total. The fourth-order valence-corrected chi connectivity index (χ4v) is 2.79. The van der Waals surface area contributed by atoms with Gasteiger partial charge in [-0.3, -0.25) is 4.72 Å². The van der Waals surface area contributed by atoms with E-state index >= 15 is 0 Å². The van der Waals surface area contributed by atoms with Crippen LogP contribution in [0.25, 0.3) is 0 Å². The topological polar surface area (TPSA) is 72.2 Å². The number of hydrogen-bond acceptors (Lipinski definition) is 3. The molecule has 0 aliphatic rings. The molecule has 4 nitrogen and oxygen atoms in total. The first-order valence-electron chi connectivity index (χ1n) is 6.13. The molecule has 0 fully saturated rings. The molecule has 1 unspecified atom stereocenters. The van der Waals surface area contributed by atoms with Gasteiger partial charge in [-0.15, -0.1) is 0 Å². The van der Waals surface area contributed by atoms with E-state index in [-0.39, 0.29) is 10.9 Å². The van der Waals surface area contributed by atoms with Crippen molar-refractivity contribution in [3.05, 3.63) is 59.7 Å². The zero-order valence-corrected chi connectivity index (χ0v) is 12.0. The molecule has 21 heavy (non-hydrogen) atoms. The summed E-state index contributed by atoms with van der Waals surface area (Å²) >= 11 is 0. The Hall–Kier alpha value is -1.99. The van der Waals surface area contributed by atoms with Crippen molar-refractivity contribution in [3.63, 3.8) is 0 Å². The van der Waals surface area contributed by atoms with Crippen LogP contribution in [0, 0.1) is 11.6 Å². The third kappa shape index (κ3) is 3.56. The largest absolute Gasteiger partial charge is 0.324 e. The average molecular weight is 312 g/mol. The lowest BCUT2D eigenvalue weighted by molar-refractivity contribution is 0.594. The highest BCUT2D eigenvalue weighted by atomic mass is 32.2. The second kappa shape index (κ2) is 5.79. The van der Waals surface area contributed by atoms with E-state index < -0.39 is 27.3 Å². The zero-order chi connectivity index (χ0) is 15.6. The number of nitrogens with one attached hydrogen (secondary N) is 1. The SMILES string of the molecule is CC(N)c1ccc(S(=O)(=O)Nc2cc(F)ccc2F)cc1. The van der Waals surface area contributed by atoms with Crippen LogP contribution in [-0.2, 0) is 10.0 Å². The molecule has 0 radical (unpaired) electrons. The smallest absolute Gasteiger partial charge is 0.261 e. The summed E-state index contributed by atoms with van der Waals surface area (Å²) in [6.45, 7) is 1.77. The molecule has 0 aliphatic carbocycles. The van der Waals surface area contributed by atoms with Crippen LogP contribution < -0.4 is 10.5 Å². The quantitative estimate of drug-likeness (QED) is 0.912. The molecule has 0 amide bonds. The minimum Gasteiger partial charge on any atom is -0.324 e. The predicted octanol–water partition coefficient (Wildman–Crippen LogP) is 2.79. The number of nitrogens with two attached hydrogens (primary N) is 1. The number of benzene rings is 2. The summed E-state index contributed by atoms with van der Waals surface area (Å²) in [4.78, 5) is -0.0597. The Morgan fingerprint density at radius 3 is 2.29 bits per heavy atom. The summed E-state index contributed by atoms with van der Waals surface area (Å²) in [6.07, 6.45) is 0. The highest BCUT2D eigenvalue weighted by Gasteiger charge is 2.17. The van der Waals surface area contributed by atoms with Gasteiger partial charge in [-0.1, -0.05) is 12.1 Å². The second-order valence-electron chi connectivity index (χ2n) is 4.59. The molecule has 0 bridgehead atoms. The van der Waals surface area contributed by atoms with Gasteiger partial charge in [-0.05, 0) is 36.8 Å². The first-order chi connectivity index (χ1) is 9.79. The van der Waals surface area contributed by atoms with Gasteiger partial charge in [0.2, 0.25) is 0 Å². The van der Waals surface area contributed by atoms with E-state index in [0.29, 0.717) is 0 Å². The van der Waals surface area contributed by atoms with Gasteiger partial charge >= 0.3 is 0 Å². The van der Waals surface area contributed by atoms with Gasteiger partial charge < -0.3 is 5.73 Å². The van der Waals surface area contributed by atoms with Gasteiger partial charge in [0.1, 0.15) is 11.6 Å². The summed E-state index contributed by atoms with van der Waals surface area (Å²) < 4.78 is 52.8. The molecular weight excluding hydrogens is 298 g/mol. The van der Waals surface area contributed by atoms with Gasteiger partial charge in [0.15, 0.2) is 0 Å². The third-order valence-electron chi connectivity index (χ3n) is 2.89. The first-order valence-corrected chi connectivity index (χ1v) is 7.61. The van der Waals surface area contributed by atoms with Gasteiger partial charge in [-0.2, -0.15) is 0 Å². The van der Waals surface area contributed by atoms with E-state index in [1.807, 2.05) is 4.72 Å². The number of halogens is 2. The fraction of sp³-hybridized carbons (Fsp3) is 0.143. The van der Waals surface area contributed by atoms with Crippen molar-refractivity contribution < 1.29 is 17.2 Å². The molecule has 2 rings (SSSR count). The Morgan fingerprint density at radius 1 is 1.10 bits per heavy atom. The molecule has 0 heterocycles. The van der Waals surface area contributed by atoms with Crippen molar-refractivity contribution in [2.24, 2.45) is 5.73 Å². The maximum absolute atomic E-state index is 13.5. The van der Waals surface area contributed by atoms with E-state index in [1.54, 1.807) is 19.1 Å². The lowest BCUT2D eigenvalue weighted by Crippen LogP contribution is -2.14. The van der Waals surface area contributed by atoms with Crippen molar-refractivity contribution in [2.75, 3.05) is 4.72 Å². The second-order valence-corrected chi connectivity index (χ2v) is 6.27. The molecule has 0 aliphatic heterocycles. The van der Waals surface area contributed by atoms with Gasteiger partial charge in [0.05, 0.1) is 10.6 Å². The van der Waals surface area contributed by atoms with Crippen molar-refractivity contribution >= 4 is 15.7 Å². The normalized spacial score (nSPS) is 13.0. The van der Waals surface area contributed by atoms with Gasteiger partial charge in [0.25, 0.3) is 10.0 Å². The highest BCUT2D eigenvalue weighted by molar-refractivity contribution is 7.92. The standard InChI is InChI=1S/C14H14F2N2O2S/c1-9(17)10-2-5-12(6-3-10)21(19,20)18-14-8-11(15)4-7-13(14)16/h2-9,18H,17H2,1H3. The number of rotatable bonds is 4. The Balaban J connectivity index is 2.31. The Labute approximate surface area is 121 Å². The van der Waals surface area contributed by atoms with Gasteiger partial charge in [0, 0.05) is 12.1 Å². The van der Waals surface area contributed by atoms with Crippen molar-refractivity contribution in [1.29, 1.82) is 0 Å². The Morgan fingerprint density at radius 2 is 1.71 bits per heavy atom. The van der Waals surface area contributed by atoms with Gasteiger partial charge in [-0.25, -0.2) is 17.2 Å². The van der Waals surface area contributed by atoms with E-state index in [1.165, 1.54) is 12.1 Å². The summed E-state index contributed by atoms with van der Waals surface area (Å²) in [5, 5.41) is 0. The zero-order valence-electron chi connectivity index (χ0n) is 11.2. The molecule has 0 spiro atoms. The van der Waals surface area contributed by atoms with Crippen LogP contribution in [0.4, 0.5) is 14.5 Å². The van der Waals surface area contributed by atoms with Crippen molar-refractivity contribution in [1.82, 2.24) is 0 Å². The molecule has 2 aromatic rings. The minimum absolute atomic E-state index is 0.0597. The summed E-state index contributed by atoms with van der Waals surface area (Å²) in [7, 11) is -3.99. The molecule has 7 heteroatoms. The molecule has 0 saturated heterocycles. The van der Waals surface area contributed by atoms with Crippen LogP contribution in [0.5, 0.6) is 0 Å². The average Bonchev–Trinajstić information content (AvgIpc) is 2.43. The minimum atomic E-state index is -3.99. The monoisotopic (exact) mass is 312 g/mol. The number of anilines is 1. The highest BCUT2D eigenvalue weighted by Crippen LogP contribution is 2.21. The maximum Gasteiger partial charge on any atom is 0.261 e. The summed E-state index contributed by atoms with van der Waals surface area (Å²) in [6, 6.07) is 8.18. The van der Waals surface area contributed by atoms with E-state index in [2.05, 4.69) is 0 Å². The Bertz CT molecular complexity index is 744. The fourth-order valence-electron chi connectivity index (χ4n) is 1.73. The first kappa shape index (κ1) is 15.4. The third-order valence-corrected chi connectivity index (χ3v) is 4.27. The predicted molar refractivity (Wildman–Crippen MR) is 76.2 cm³/mol. The van der Waals surface area contributed by atoms with Crippen LogP contribution in [0.1, 0.15) is 18.5 Å². The van der Waals surface area contributed by atoms with E-state index in [0.717, 1.165) is 23.8 Å². The van der Waals surface area contributed by atoms with E-state index in [4.69, 9.17) is 5.73 Å². The number of sulfonamides is 1. The maximum atomic E-state index is 13.5. The molecule has 112 valence electrons. The lowest BCUT2D eigenvalue weighted by Gasteiger charge is -2.10. The Kier molecular flexibility index (Phi) is 4.24. The van der Waals surface area contributed by atoms with Crippen molar-refractivity contribution in [2.45, 2.75) is 17.9 Å². The van der Waals surface area contributed by atoms with Crippen molar-refractivity contribution in [3.8, 4) is 0 Å². The van der Waals surface area contributed by atoms with Crippen LogP contribution in [0.15, 0.2) is 47.4 Å². The summed E-state index contributed by atoms with van der Waals surface area (Å²) in [5.41, 5.74) is 6.01. The molecule has 0 saturated carbocycles.